The molecule has 2 atom stereocenters. The Balaban J connectivity index is 1.84. The molecule has 0 spiro atoms. The van der Waals surface area contributed by atoms with E-state index in [0.717, 1.165) is 25.7 Å². The van der Waals surface area contributed by atoms with E-state index in [0.29, 0.717) is 19.0 Å². The first-order chi connectivity index (χ1) is 8.74. The molecule has 3 nitrogen and oxygen atoms in total. The molecular formula is C14H22N2OS. The van der Waals surface area contributed by atoms with Gasteiger partial charge in [0.25, 0.3) is 0 Å². The number of rotatable bonds is 5. The zero-order valence-corrected chi connectivity index (χ0v) is 11.8. The summed E-state index contributed by atoms with van der Waals surface area (Å²) >= 11 is 1.78. The summed E-state index contributed by atoms with van der Waals surface area (Å²) in [6, 6.07) is 4.25. The number of nitrogens with one attached hydrogen (secondary N) is 1. The van der Waals surface area contributed by atoms with Gasteiger partial charge < -0.3 is 11.1 Å². The van der Waals surface area contributed by atoms with Crippen LogP contribution in [-0.2, 0) is 17.8 Å². The van der Waals surface area contributed by atoms with E-state index >= 15 is 0 Å². The van der Waals surface area contributed by atoms with Gasteiger partial charge in [0.1, 0.15) is 0 Å². The molecule has 100 valence electrons. The predicted octanol–water partition coefficient (Wildman–Crippen LogP) is 2.30. The van der Waals surface area contributed by atoms with Gasteiger partial charge in [0.2, 0.25) is 5.91 Å². The molecule has 0 saturated heterocycles. The Labute approximate surface area is 113 Å². The van der Waals surface area contributed by atoms with Crippen molar-refractivity contribution in [3.63, 3.8) is 0 Å². The number of nitrogens with two attached hydrogens (primary N) is 1. The highest BCUT2D eigenvalue weighted by atomic mass is 32.1. The molecule has 1 aromatic heterocycles. The van der Waals surface area contributed by atoms with E-state index in [-0.39, 0.29) is 11.8 Å². The summed E-state index contributed by atoms with van der Waals surface area (Å²) in [7, 11) is 0. The van der Waals surface area contributed by atoms with E-state index in [4.69, 9.17) is 5.73 Å². The molecule has 0 radical (unpaired) electrons. The summed E-state index contributed by atoms with van der Waals surface area (Å²) in [6.45, 7) is 3.45. The third-order valence-electron chi connectivity index (χ3n) is 3.80. The Morgan fingerprint density at radius 3 is 2.89 bits per heavy atom. The molecule has 1 aliphatic rings. The largest absolute Gasteiger partial charge is 0.351 e. The highest BCUT2D eigenvalue weighted by Crippen LogP contribution is 2.31. The Hall–Kier alpha value is -0.870. The maximum absolute atomic E-state index is 12.1. The molecule has 2 rings (SSSR count). The first-order valence-electron chi connectivity index (χ1n) is 6.80. The van der Waals surface area contributed by atoms with Crippen molar-refractivity contribution >= 4 is 17.2 Å². The Bertz CT molecular complexity index is 402. The van der Waals surface area contributed by atoms with Gasteiger partial charge in [0.15, 0.2) is 0 Å². The quantitative estimate of drug-likeness (QED) is 0.859. The van der Waals surface area contributed by atoms with Gasteiger partial charge in [-0.25, -0.2) is 0 Å². The lowest BCUT2D eigenvalue weighted by Gasteiger charge is -2.16. The first-order valence-corrected chi connectivity index (χ1v) is 7.61. The van der Waals surface area contributed by atoms with E-state index in [1.165, 1.54) is 9.75 Å². The lowest BCUT2D eigenvalue weighted by atomic mass is 9.95. The third-order valence-corrected chi connectivity index (χ3v) is 5.03. The molecular weight excluding hydrogens is 244 g/mol. The standard InChI is InChI=1S/C14H22N2OS/c1-2-11-6-7-12(18-11)9-16-14(17)13-5-3-4-10(13)8-15/h6-7,10,13H,2-5,8-9,15H2,1H3,(H,16,17). The zero-order valence-electron chi connectivity index (χ0n) is 10.9. The predicted molar refractivity (Wildman–Crippen MR) is 75.4 cm³/mol. The molecule has 4 heteroatoms. The van der Waals surface area contributed by atoms with Crippen molar-refractivity contribution < 1.29 is 4.79 Å². The van der Waals surface area contributed by atoms with Crippen LogP contribution in [0.2, 0.25) is 0 Å². The van der Waals surface area contributed by atoms with Gasteiger partial charge in [-0.3, -0.25) is 4.79 Å². The van der Waals surface area contributed by atoms with Gasteiger partial charge in [0.05, 0.1) is 6.54 Å². The van der Waals surface area contributed by atoms with Crippen LogP contribution in [0.15, 0.2) is 12.1 Å². The van der Waals surface area contributed by atoms with Crippen molar-refractivity contribution in [2.75, 3.05) is 6.54 Å². The number of carbonyl (C=O) groups is 1. The van der Waals surface area contributed by atoms with Crippen LogP contribution in [-0.4, -0.2) is 12.5 Å². The summed E-state index contributed by atoms with van der Waals surface area (Å²) < 4.78 is 0. The van der Waals surface area contributed by atoms with Crippen LogP contribution in [0.25, 0.3) is 0 Å². The molecule has 0 aromatic carbocycles. The van der Waals surface area contributed by atoms with Gasteiger partial charge >= 0.3 is 0 Å². The van der Waals surface area contributed by atoms with Crippen molar-refractivity contribution in [1.82, 2.24) is 5.32 Å². The van der Waals surface area contributed by atoms with Crippen LogP contribution >= 0.6 is 11.3 Å². The molecule has 1 heterocycles. The second-order valence-electron chi connectivity index (χ2n) is 4.97. The van der Waals surface area contributed by atoms with E-state index in [1.54, 1.807) is 11.3 Å². The number of hydrogen-bond donors (Lipinski definition) is 2. The molecule has 1 aliphatic carbocycles. The van der Waals surface area contributed by atoms with Crippen LogP contribution in [0.4, 0.5) is 0 Å². The molecule has 18 heavy (non-hydrogen) atoms. The number of amides is 1. The minimum Gasteiger partial charge on any atom is -0.351 e. The summed E-state index contributed by atoms with van der Waals surface area (Å²) in [5.74, 6) is 0.717. The molecule has 1 saturated carbocycles. The fourth-order valence-corrected chi connectivity index (χ4v) is 3.57. The van der Waals surface area contributed by atoms with Crippen molar-refractivity contribution in [2.24, 2.45) is 17.6 Å². The highest BCUT2D eigenvalue weighted by Gasteiger charge is 2.31. The molecule has 0 bridgehead atoms. The SMILES string of the molecule is CCc1ccc(CNC(=O)C2CCCC2CN)s1. The third kappa shape index (κ3) is 3.12. The Morgan fingerprint density at radius 2 is 2.22 bits per heavy atom. The van der Waals surface area contributed by atoms with Crippen LogP contribution in [0.5, 0.6) is 0 Å². The molecule has 2 unspecified atom stereocenters. The van der Waals surface area contributed by atoms with E-state index < -0.39 is 0 Å². The van der Waals surface area contributed by atoms with Gasteiger partial charge in [-0.15, -0.1) is 11.3 Å². The van der Waals surface area contributed by atoms with Crippen molar-refractivity contribution in [2.45, 2.75) is 39.2 Å². The van der Waals surface area contributed by atoms with Gasteiger partial charge in [0, 0.05) is 15.7 Å². The smallest absolute Gasteiger partial charge is 0.223 e. The number of carbonyl (C=O) groups excluding carboxylic acids is 1. The minimum atomic E-state index is 0.139. The number of thiophene rings is 1. The lowest BCUT2D eigenvalue weighted by molar-refractivity contribution is -0.126. The number of aryl methyl sites for hydroxylation is 1. The maximum atomic E-state index is 12.1. The van der Waals surface area contributed by atoms with Crippen LogP contribution in [0.3, 0.4) is 0 Å². The van der Waals surface area contributed by atoms with Crippen LogP contribution in [0.1, 0.15) is 35.9 Å². The molecule has 3 N–H and O–H groups in total. The minimum absolute atomic E-state index is 0.139. The molecule has 0 aliphatic heterocycles. The summed E-state index contributed by atoms with van der Waals surface area (Å²) in [5, 5.41) is 3.06. The van der Waals surface area contributed by atoms with Crippen molar-refractivity contribution in [1.29, 1.82) is 0 Å². The average molecular weight is 266 g/mol. The first kappa shape index (κ1) is 13.6. The summed E-state index contributed by atoms with van der Waals surface area (Å²) in [6.07, 6.45) is 4.31. The summed E-state index contributed by atoms with van der Waals surface area (Å²) in [4.78, 5) is 14.7. The molecule has 1 aromatic rings. The Morgan fingerprint density at radius 1 is 1.44 bits per heavy atom. The van der Waals surface area contributed by atoms with E-state index in [2.05, 4.69) is 24.4 Å². The normalized spacial score (nSPS) is 23.2. The monoisotopic (exact) mass is 266 g/mol. The van der Waals surface area contributed by atoms with Crippen molar-refractivity contribution in [3.05, 3.63) is 21.9 Å². The number of hydrogen-bond acceptors (Lipinski definition) is 3. The highest BCUT2D eigenvalue weighted by molar-refractivity contribution is 7.11. The zero-order chi connectivity index (χ0) is 13.0. The Kier molecular flexibility index (Phi) is 4.78. The van der Waals surface area contributed by atoms with Crippen LogP contribution < -0.4 is 11.1 Å². The van der Waals surface area contributed by atoms with Gasteiger partial charge in [-0.05, 0) is 43.9 Å². The van der Waals surface area contributed by atoms with Gasteiger partial charge in [-0.2, -0.15) is 0 Å². The average Bonchev–Trinajstić information content (AvgIpc) is 3.04. The fraction of sp³-hybridized carbons (Fsp3) is 0.643. The maximum Gasteiger partial charge on any atom is 0.223 e. The van der Waals surface area contributed by atoms with Crippen molar-refractivity contribution in [3.8, 4) is 0 Å². The van der Waals surface area contributed by atoms with E-state index in [1.807, 2.05) is 0 Å². The van der Waals surface area contributed by atoms with E-state index in [9.17, 15) is 4.79 Å². The topological polar surface area (TPSA) is 55.1 Å². The molecule has 1 fully saturated rings. The lowest BCUT2D eigenvalue weighted by Crippen LogP contribution is -2.34. The van der Waals surface area contributed by atoms with Crippen LogP contribution in [0, 0.1) is 11.8 Å². The second-order valence-corrected chi connectivity index (χ2v) is 6.23. The van der Waals surface area contributed by atoms with Gasteiger partial charge in [-0.1, -0.05) is 13.3 Å². The second kappa shape index (κ2) is 6.34. The molecule has 1 amide bonds. The summed E-state index contributed by atoms with van der Waals surface area (Å²) in [5.41, 5.74) is 5.71. The fourth-order valence-electron chi connectivity index (χ4n) is 2.68.